The fraction of sp³-hybridized carbons (Fsp3) is 0.345. The Morgan fingerprint density at radius 1 is 1.05 bits per heavy atom. The summed E-state index contributed by atoms with van der Waals surface area (Å²) in [5, 5.41) is 15.0. The van der Waals surface area contributed by atoms with E-state index in [0.29, 0.717) is 35.9 Å². The van der Waals surface area contributed by atoms with E-state index in [0.717, 1.165) is 49.9 Å². The van der Waals surface area contributed by atoms with Crippen molar-refractivity contribution >= 4 is 23.3 Å². The Hall–Kier alpha value is -3.95. The molecule has 9 heteroatoms. The highest BCUT2D eigenvalue weighted by Crippen LogP contribution is 2.25. The summed E-state index contributed by atoms with van der Waals surface area (Å²) in [6, 6.07) is 19.1. The van der Waals surface area contributed by atoms with Crippen LogP contribution in [0, 0.1) is 5.41 Å². The highest BCUT2D eigenvalue weighted by Gasteiger charge is 2.21. The predicted molar refractivity (Wildman–Crippen MR) is 149 cm³/mol. The molecule has 0 bridgehead atoms. The van der Waals surface area contributed by atoms with Crippen molar-refractivity contribution in [3.8, 4) is 11.5 Å². The normalized spacial score (nSPS) is 13.5. The van der Waals surface area contributed by atoms with Gasteiger partial charge in [-0.05, 0) is 49.7 Å². The van der Waals surface area contributed by atoms with Crippen molar-refractivity contribution in [2.75, 3.05) is 56.6 Å². The van der Waals surface area contributed by atoms with E-state index < -0.39 is 5.97 Å². The number of benzene rings is 2. The molecule has 1 aliphatic heterocycles. The largest absolute Gasteiger partial charge is 0.462 e. The first-order valence-electron chi connectivity index (χ1n) is 12.9. The third-order valence-corrected chi connectivity index (χ3v) is 6.09. The lowest BCUT2D eigenvalue weighted by Crippen LogP contribution is -2.39. The minimum absolute atomic E-state index is 0.231. The zero-order valence-corrected chi connectivity index (χ0v) is 22.0. The second-order valence-electron chi connectivity index (χ2n) is 8.92. The maximum absolute atomic E-state index is 12.8. The summed E-state index contributed by atoms with van der Waals surface area (Å²) in [5.41, 5.74) is 1.99. The summed E-state index contributed by atoms with van der Waals surface area (Å²) in [6.45, 7) is 8.90. The summed E-state index contributed by atoms with van der Waals surface area (Å²) in [5.74, 6) is 2.06. The van der Waals surface area contributed by atoms with E-state index in [4.69, 9.17) is 24.6 Å². The number of rotatable bonds is 12. The minimum Gasteiger partial charge on any atom is -0.462 e. The van der Waals surface area contributed by atoms with Gasteiger partial charge in [0.05, 0.1) is 30.9 Å². The van der Waals surface area contributed by atoms with Crippen LogP contribution in [0.3, 0.4) is 0 Å². The van der Waals surface area contributed by atoms with Crippen molar-refractivity contribution in [2.45, 2.75) is 20.4 Å². The van der Waals surface area contributed by atoms with Gasteiger partial charge in [-0.3, -0.25) is 4.90 Å². The van der Waals surface area contributed by atoms with Crippen molar-refractivity contribution < 1.29 is 19.0 Å². The first-order chi connectivity index (χ1) is 18.5. The van der Waals surface area contributed by atoms with Gasteiger partial charge in [0.2, 0.25) is 0 Å². The van der Waals surface area contributed by atoms with Gasteiger partial charge in [0.15, 0.2) is 0 Å². The molecule has 0 atom stereocenters. The highest BCUT2D eigenvalue weighted by atomic mass is 16.5. The van der Waals surface area contributed by atoms with Gasteiger partial charge in [-0.25, -0.2) is 9.78 Å². The van der Waals surface area contributed by atoms with Crippen LogP contribution in [0.4, 0.5) is 11.6 Å². The molecule has 38 heavy (non-hydrogen) atoms. The number of hydrogen-bond acceptors (Lipinski definition) is 9. The molecule has 1 aromatic heterocycles. The molecular formula is C29H35N5O4. The van der Waals surface area contributed by atoms with Crippen molar-refractivity contribution in [3.05, 3.63) is 77.4 Å². The third kappa shape index (κ3) is 7.53. The molecule has 3 aromatic rings. The fourth-order valence-corrected chi connectivity index (χ4v) is 4.17. The highest BCUT2D eigenvalue weighted by molar-refractivity contribution is 6.10. The maximum atomic E-state index is 12.8. The number of para-hydroxylation sites is 1. The Kier molecular flexibility index (Phi) is 9.66. The van der Waals surface area contributed by atoms with E-state index in [9.17, 15) is 4.79 Å². The molecule has 4 rings (SSSR count). The number of morpholine rings is 1. The van der Waals surface area contributed by atoms with Gasteiger partial charge in [-0.2, -0.15) is 0 Å². The first-order valence-corrected chi connectivity index (χ1v) is 12.9. The van der Waals surface area contributed by atoms with Crippen LogP contribution in [0.5, 0.6) is 11.5 Å². The monoisotopic (exact) mass is 517 g/mol. The van der Waals surface area contributed by atoms with Crippen LogP contribution in [0.1, 0.15) is 35.3 Å². The smallest absolute Gasteiger partial charge is 0.339 e. The summed E-state index contributed by atoms with van der Waals surface area (Å²) in [7, 11) is 0. The Labute approximate surface area is 223 Å². The maximum Gasteiger partial charge on any atom is 0.339 e. The van der Waals surface area contributed by atoms with E-state index in [1.54, 1.807) is 19.9 Å². The lowest BCUT2D eigenvalue weighted by atomic mass is 10.0. The number of aromatic nitrogens is 1. The topological polar surface area (TPSA) is 109 Å². The Bertz CT molecular complexity index is 1210. The van der Waals surface area contributed by atoms with Crippen LogP contribution in [-0.2, 0) is 16.0 Å². The van der Waals surface area contributed by atoms with E-state index >= 15 is 0 Å². The Morgan fingerprint density at radius 3 is 2.45 bits per heavy atom. The summed E-state index contributed by atoms with van der Waals surface area (Å²) >= 11 is 0. The average molecular weight is 518 g/mol. The molecule has 1 fully saturated rings. The third-order valence-electron chi connectivity index (χ3n) is 6.09. The first kappa shape index (κ1) is 27.1. The summed E-state index contributed by atoms with van der Waals surface area (Å²) < 4.78 is 16.6. The number of carbonyl (C=O) groups excluding carboxylic acids is 1. The Balaban J connectivity index is 1.49. The molecule has 0 saturated carbocycles. The fourth-order valence-electron chi connectivity index (χ4n) is 4.17. The van der Waals surface area contributed by atoms with Crippen LogP contribution < -0.4 is 15.4 Å². The summed E-state index contributed by atoms with van der Waals surface area (Å²) in [6.07, 6.45) is 0. The minimum atomic E-state index is -0.474. The van der Waals surface area contributed by atoms with E-state index in [1.807, 2.05) is 54.6 Å². The summed E-state index contributed by atoms with van der Waals surface area (Å²) in [4.78, 5) is 19.9. The molecule has 2 aromatic carbocycles. The lowest BCUT2D eigenvalue weighted by molar-refractivity contribution is 0.0398. The zero-order valence-electron chi connectivity index (χ0n) is 22.0. The van der Waals surface area contributed by atoms with E-state index in [1.165, 1.54) is 0 Å². The molecule has 1 saturated heterocycles. The lowest BCUT2D eigenvalue weighted by Gasteiger charge is -2.26. The molecule has 0 aliphatic carbocycles. The van der Waals surface area contributed by atoms with Crippen molar-refractivity contribution in [2.24, 2.45) is 0 Å². The van der Waals surface area contributed by atoms with Crippen molar-refractivity contribution in [3.63, 3.8) is 0 Å². The van der Waals surface area contributed by atoms with Gasteiger partial charge in [-0.1, -0.05) is 30.3 Å². The SMILES string of the molecule is CCOC(=O)c1cc(NCCN2CCOCC2)nc(NCc2ccc(Oc3ccccc3)cc2)c1C(C)=N. The van der Waals surface area contributed by atoms with Gasteiger partial charge < -0.3 is 30.3 Å². The number of anilines is 2. The number of nitrogens with zero attached hydrogens (tertiary/aromatic N) is 2. The van der Waals surface area contributed by atoms with Crippen LogP contribution in [0.2, 0.25) is 0 Å². The van der Waals surface area contributed by atoms with Crippen LogP contribution in [0.15, 0.2) is 60.7 Å². The average Bonchev–Trinajstić information content (AvgIpc) is 2.93. The molecule has 3 N–H and O–H groups in total. The number of hydrogen-bond donors (Lipinski definition) is 3. The zero-order chi connectivity index (χ0) is 26.7. The Morgan fingerprint density at radius 2 is 1.76 bits per heavy atom. The quantitative estimate of drug-likeness (QED) is 0.232. The number of nitrogens with one attached hydrogen (secondary N) is 3. The second-order valence-corrected chi connectivity index (χ2v) is 8.92. The van der Waals surface area contributed by atoms with Gasteiger partial charge >= 0.3 is 5.97 Å². The van der Waals surface area contributed by atoms with Gasteiger partial charge in [-0.15, -0.1) is 0 Å². The number of pyridine rings is 1. The molecule has 0 unspecified atom stereocenters. The van der Waals surface area contributed by atoms with Crippen LogP contribution in [0.25, 0.3) is 0 Å². The molecule has 2 heterocycles. The van der Waals surface area contributed by atoms with E-state index in [2.05, 4.69) is 15.5 Å². The van der Waals surface area contributed by atoms with Crippen LogP contribution >= 0.6 is 0 Å². The molecule has 0 spiro atoms. The van der Waals surface area contributed by atoms with Gasteiger partial charge in [0.25, 0.3) is 0 Å². The molecule has 9 nitrogen and oxygen atoms in total. The predicted octanol–water partition coefficient (Wildman–Crippen LogP) is 4.79. The molecule has 1 aliphatic rings. The molecule has 0 amide bonds. The van der Waals surface area contributed by atoms with Gasteiger partial charge in [0, 0.05) is 38.4 Å². The number of ether oxygens (including phenoxy) is 3. The standard InChI is InChI=1S/C29H35N5O4/c1-3-37-29(35)25-19-26(31-13-14-34-15-17-36-18-16-34)33-28(27(25)21(2)30)32-20-22-9-11-24(12-10-22)38-23-7-5-4-6-8-23/h4-12,19,30H,3,13-18,20H2,1-2H3,(H2,31,32,33). The van der Waals surface area contributed by atoms with E-state index in [-0.39, 0.29) is 12.3 Å². The van der Waals surface area contributed by atoms with Gasteiger partial charge in [0.1, 0.15) is 23.1 Å². The number of esters is 1. The molecule has 200 valence electrons. The second kappa shape index (κ2) is 13.6. The molecular weight excluding hydrogens is 482 g/mol. The van der Waals surface area contributed by atoms with Crippen LogP contribution in [-0.4, -0.2) is 67.6 Å². The van der Waals surface area contributed by atoms with Crippen molar-refractivity contribution in [1.29, 1.82) is 5.41 Å². The molecule has 0 radical (unpaired) electrons. The number of carbonyl (C=O) groups is 1. The van der Waals surface area contributed by atoms with Crippen molar-refractivity contribution in [1.82, 2.24) is 9.88 Å².